The van der Waals surface area contributed by atoms with E-state index in [1.165, 1.54) is 96.3 Å². The second-order valence-electron chi connectivity index (χ2n) is 9.12. The van der Waals surface area contributed by atoms with Crippen LogP contribution in [0.5, 0.6) is 0 Å². The van der Waals surface area contributed by atoms with Crippen molar-refractivity contribution in [1.29, 1.82) is 0 Å². The number of carbonyl (C=O) groups excluding carboxylic acids is 2. The Morgan fingerprint density at radius 1 is 0.633 bits per heavy atom. The van der Waals surface area contributed by atoms with Crippen molar-refractivity contribution in [3.8, 4) is 0 Å². The van der Waals surface area contributed by atoms with E-state index >= 15 is 0 Å². The molecule has 0 N–H and O–H groups in total. The summed E-state index contributed by atoms with van der Waals surface area (Å²) in [6, 6.07) is 0. The predicted octanol–water partition coefficient (Wildman–Crippen LogP) is 7.52. The molecule has 176 valence electrons. The molecular weight excluding hydrogens is 376 g/mol. The van der Waals surface area contributed by atoms with Gasteiger partial charge in [-0.25, -0.2) is 0 Å². The normalized spacial score (nSPS) is 14.6. The third-order valence-electron chi connectivity index (χ3n) is 6.31. The molecule has 0 aromatic heterocycles. The maximum Gasteiger partial charge on any atom is 0.306 e. The third kappa shape index (κ3) is 16.7. The fourth-order valence-electron chi connectivity index (χ4n) is 4.29. The van der Waals surface area contributed by atoms with Crippen LogP contribution in [0.1, 0.15) is 135 Å². The first-order chi connectivity index (χ1) is 14.7. The van der Waals surface area contributed by atoms with Crippen molar-refractivity contribution < 1.29 is 19.1 Å². The monoisotopic (exact) mass is 424 g/mol. The Balaban J connectivity index is 1.80. The molecule has 0 heterocycles. The average Bonchev–Trinajstić information content (AvgIpc) is 2.76. The largest absolute Gasteiger partial charge is 0.466 e. The summed E-state index contributed by atoms with van der Waals surface area (Å²) < 4.78 is 10.5. The molecule has 0 saturated heterocycles. The van der Waals surface area contributed by atoms with Gasteiger partial charge in [-0.2, -0.15) is 0 Å². The van der Waals surface area contributed by atoms with Crippen molar-refractivity contribution in [3.63, 3.8) is 0 Å². The number of carbonyl (C=O) groups is 2. The molecule has 1 fully saturated rings. The molecule has 0 spiro atoms. The van der Waals surface area contributed by atoms with Gasteiger partial charge < -0.3 is 9.47 Å². The number of rotatable bonds is 19. The number of esters is 2. The van der Waals surface area contributed by atoms with Crippen LogP contribution in [-0.4, -0.2) is 25.2 Å². The number of hydrogen-bond acceptors (Lipinski definition) is 4. The van der Waals surface area contributed by atoms with E-state index in [0.717, 1.165) is 19.3 Å². The van der Waals surface area contributed by atoms with E-state index in [0.29, 0.717) is 19.1 Å². The topological polar surface area (TPSA) is 52.6 Å². The van der Waals surface area contributed by atoms with Gasteiger partial charge in [0.15, 0.2) is 0 Å². The zero-order valence-electron chi connectivity index (χ0n) is 19.8. The molecule has 1 rings (SSSR count). The molecule has 1 saturated carbocycles. The number of hydrogen-bond donors (Lipinski definition) is 0. The summed E-state index contributed by atoms with van der Waals surface area (Å²) in [7, 11) is 0. The van der Waals surface area contributed by atoms with Gasteiger partial charge in [0.2, 0.25) is 0 Å². The van der Waals surface area contributed by atoms with Crippen molar-refractivity contribution in [2.45, 2.75) is 135 Å². The Morgan fingerprint density at radius 2 is 1.10 bits per heavy atom. The summed E-state index contributed by atoms with van der Waals surface area (Å²) in [5.74, 6) is 0.169. The molecule has 4 heteroatoms. The molecule has 0 aromatic rings. The van der Waals surface area contributed by atoms with E-state index in [2.05, 4.69) is 6.92 Å². The highest BCUT2D eigenvalue weighted by molar-refractivity contribution is 5.77. The van der Waals surface area contributed by atoms with E-state index in [9.17, 15) is 9.59 Å². The Kier molecular flexibility index (Phi) is 17.9. The Hall–Kier alpha value is -1.06. The lowest BCUT2D eigenvalue weighted by molar-refractivity contribution is -0.150. The molecule has 0 unspecified atom stereocenters. The molecule has 0 bridgehead atoms. The van der Waals surface area contributed by atoms with Crippen molar-refractivity contribution in [3.05, 3.63) is 0 Å². The van der Waals surface area contributed by atoms with Crippen LogP contribution in [0.2, 0.25) is 0 Å². The lowest BCUT2D eigenvalue weighted by Gasteiger charge is -2.21. The summed E-state index contributed by atoms with van der Waals surface area (Å²) in [5, 5.41) is 0. The quantitative estimate of drug-likeness (QED) is 0.159. The van der Waals surface area contributed by atoms with Crippen LogP contribution >= 0.6 is 0 Å². The molecule has 0 radical (unpaired) electrons. The van der Waals surface area contributed by atoms with Gasteiger partial charge >= 0.3 is 11.9 Å². The first kappa shape index (κ1) is 27.0. The second kappa shape index (κ2) is 19.9. The fourth-order valence-corrected chi connectivity index (χ4v) is 4.29. The maximum atomic E-state index is 11.7. The molecular formula is C26H48O4. The minimum Gasteiger partial charge on any atom is -0.466 e. The van der Waals surface area contributed by atoms with Crippen LogP contribution in [0.3, 0.4) is 0 Å². The second-order valence-corrected chi connectivity index (χ2v) is 9.12. The van der Waals surface area contributed by atoms with Crippen molar-refractivity contribution in [1.82, 2.24) is 0 Å². The van der Waals surface area contributed by atoms with Crippen molar-refractivity contribution in [2.75, 3.05) is 13.2 Å². The fraction of sp³-hybridized carbons (Fsp3) is 0.923. The Labute approximate surface area is 185 Å². The minimum atomic E-state index is -0.276. The zero-order valence-corrected chi connectivity index (χ0v) is 19.8. The van der Waals surface area contributed by atoms with Gasteiger partial charge in [-0.1, -0.05) is 110 Å². The smallest absolute Gasteiger partial charge is 0.306 e. The molecule has 0 amide bonds. The zero-order chi connectivity index (χ0) is 21.7. The molecule has 1 aliphatic rings. The highest BCUT2D eigenvalue weighted by Crippen LogP contribution is 2.26. The summed E-state index contributed by atoms with van der Waals surface area (Å²) in [5.41, 5.74) is 0. The van der Waals surface area contributed by atoms with Crippen LogP contribution in [-0.2, 0) is 19.1 Å². The van der Waals surface area contributed by atoms with E-state index in [4.69, 9.17) is 9.47 Å². The summed E-state index contributed by atoms with van der Waals surface area (Å²) in [4.78, 5) is 23.5. The third-order valence-corrected chi connectivity index (χ3v) is 6.31. The van der Waals surface area contributed by atoms with Gasteiger partial charge in [-0.05, 0) is 18.8 Å². The van der Waals surface area contributed by atoms with E-state index in [1.54, 1.807) is 0 Å². The van der Waals surface area contributed by atoms with E-state index in [1.807, 2.05) is 0 Å². The van der Waals surface area contributed by atoms with Crippen LogP contribution in [0.15, 0.2) is 0 Å². The van der Waals surface area contributed by atoms with Crippen molar-refractivity contribution >= 4 is 11.9 Å². The molecule has 0 atom stereocenters. The molecule has 0 aromatic carbocycles. The Morgan fingerprint density at radius 3 is 1.63 bits per heavy atom. The van der Waals surface area contributed by atoms with Crippen LogP contribution in [0.4, 0.5) is 0 Å². The minimum absolute atomic E-state index is 0.139. The van der Waals surface area contributed by atoms with Crippen LogP contribution < -0.4 is 0 Å². The van der Waals surface area contributed by atoms with Gasteiger partial charge in [0.05, 0.1) is 26.1 Å². The SMILES string of the molecule is CCCCCCCCCCCCCCOC(=O)CCC(=O)OCCC1CCCCC1. The first-order valence-corrected chi connectivity index (χ1v) is 13.0. The molecule has 4 nitrogen and oxygen atoms in total. The van der Waals surface area contributed by atoms with Gasteiger partial charge in [0, 0.05) is 0 Å². The van der Waals surface area contributed by atoms with Gasteiger partial charge in [0.25, 0.3) is 0 Å². The predicted molar refractivity (Wildman–Crippen MR) is 123 cm³/mol. The summed E-state index contributed by atoms with van der Waals surface area (Å²) >= 11 is 0. The maximum absolute atomic E-state index is 11.7. The first-order valence-electron chi connectivity index (χ1n) is 13.0. The standard InChI is InChI=1S/C26H48O4/c1-2-3-4-5-6-7-8-9-10-11-12-16-22-29-25(27)19-20-26(28)30-23-21-24-17-14-13-15-18-24/h24H,2-23H2,1H3. The lowest BCUT2D eigenvalue weighted by atomic mass is 9.87. The average molecular weight is 425 g/mol. The van der Waals surface area contributed by atoms with E-state index in [-0.39, 0.29) is 24.8 Å². The molecule has 30 heavy (non-hydrogen) atoms. The highest BCUT2D eigenvalue weighted by Gasteiger charge is 2.14. The highest BCUT2D eigenvalue weighted by atomic mass is 16.5. The Bertz CT molecular complexity index is 415. The van der Waals surface area contributed by atoms with Gasteiger partial charge in [0.1, 0.15) is 0 Å². The van der Waals surface area contributed by atoms with Gasteiger partial charge in [-0.15, -0.1) is 0 Å². The van der Waals surface area contributed by atoms with Gasteiger partial charge in [-0.3, -0.25) is 9.59 Å². The van der Waals surface area contributed by atoms with Crippen LogP contribution in [0.25, 0.3) is 0 Å². The van der Waals surface area contributed by atoms with E-state index < -0.39 is 0 Å². The van der Waals surface area contributed by atoms with Crippen molar-refractivity contribution in [2.24, 2.45) is 5.92 Å². The summed E-state index contributed by atoms with van der Waals surface area (Å²) in [6.45, 7) is 3.24. The lowest BCUT2D eigenvalue weighted by Crippen LogP contribution is -2.14. The number of ether oxygens (including phenoxy) is 2. The van der Waals surface area contributed by atoms with Crippen LogP contribution in [0, 0.1) is 5.92 Å². The molecule has 1 aliphatic carbocycles. The summed E-state index contributed by atoms with van der Waals surface area (Å²) in [6.07, 6.45) is 23.3. The molecule has 0 aliphatic heterocycles. The number of unbranched alkanes of at least 4 members (excludes halogenated alkanes) is 11.